The number of hydrogen-bond donors (Lipinski definition) is 2. The van der Waals surface area contributed by atoms with Gasteiger partial charge in [0.2, 0.25) is 0 Å². The minimum absolute atomic E-state index is 0.663. The Kier molecular flexibility index (Phi) is 3.05. The largest absolute Gasteiger partial charge is 0.502 e. The maximum Gasteiger partial charge on any atom is 0.174 e. The summed E-state index contributed by atoms with van der Waals surface area (Å²) in [5.74, 6) is 1.64. The molecule has 84 valence electrons. The average molecular weight is 218 g/mol. The van der Waals surface area contributed by atoms with E-state index >= 15 is 0 Å². The average Bonchev–Trinajstić information content (AvgIpc) is 2.73. The fraction of sp³-hybridized carbons (Fsp3) is 0.273. The number of fused-ring (bicyclic) bond motifs is 1. The molecule has 0 radical (unpaired) electrons. The summed E-state index contributed by atoms with van der Waals surface area (Å²) in [5.41, 5.74) is 1.78. The fourth-order valence-electron chi connectivity index (χ4n) is 1.35. The predicted octanol–water partition coefficient (Wildman–Crippen LogP) is 1.92. The van der Waals surface area contributed by atoms with Crippen LogP contribution in [-0.2, 0) is 4.74 Å². The molecule has 2 rings (SSSR count). The molecular formula is C11H14N4O. The number of rotatable bonds is 4. The summed E-state index contributed by atoms with van der Waals surface area (Å²) in [6, 6.07) is 3.82. The summed E-state index contributed by atoms with van der Waals surface area (Å²) in [5, 5.41) is 10.2. The molecule has 0 fully saturated rings. The third-order valence-electron chi connectivity index (χ3n) is 2.30. The fourth-order valence-corrected chi connectivity index (χ4v) is 1.35. The summed E-state index contributed by atoms with van der Waals surface area (Å²) < 4.78 is 5.03. The summed E-state index contributed by atoms with van der Waals surface area (Å²) in [6.45, 7) is 2.57. The van der Waals surface area contributed by atoms with Crippen LogP contribution >= 0.6 is 0 Å². The van der Waals surface area contributed by atoms with Gasteiger partial charge in [0.15, 0.2) is 5.82 Å². The van der Waals surface area contributed by atoms with Crippen molar-refractivity contribution in [1.82, 2.24) is 15.2 Å². The van der Waals surface area contributed by atoms with E-state index in [1.165, 1.54) is 0 Å². The van der Waals surface area contributed by atoms with Gasteiger partial charge in [0, 0.05) is 12.7 Å². The van der Waals surface area contributed by atoms with E-state index < -0.39 is 0 Å². The van der Waals surface area contributed by atoms with Gasteiger partial charge in [0.05, 0.1) is 18.4 Å². The first-order valence-electron chi connectivity index (χ1n) is 5.05. The van der Waals surface area contributed by atoms with Gasteiger partial charge in [0.25, 0.3) is 0 Å². The van der Waals surface area contributed by atoms with Crippen LogP contribution in [0.25, 0.3) is 11.0 Å². The first kappa shape index (κ1) is 10.5. The molecule has 0 unspecified atom stereocenters. The smallest absolute Gasteiger partial charge is 0.174 e. The quantitative estimate of drug-likeness (QED) is 0.769. The Morgan fingerprint density at radius 1 is 1.62 bits per heavy atom. The van der Waals surface area contributed by atoms with Crippen molar-refractivity contribution >= 4 is 16.9 Å². The molecule has 0 aromatic carbocycles. The van der Waals surface area contributed by atoms with Crippen LogP contribution < -0.4 is 5.32 Å². The molecule has 0 atom stereocenters. The third kappa shape index (κ3) is 2.13. The van der Waals surface area contributed by atoms with Gasteiger partial charge < -0.3 is 10.1 Å². The molecule has 0 saturated heterocycles. The topological polar surface area (TPSA) is 62.8 Å². The molecule has 0 aliphatic heterocycles. The van der Waals surface area contributed by atoms with Crippen LogP contribution in [0.5, 0.6) is 0 Å². The molecule has 2 heterocycles. The van der Waals surface area contributed by atoms with Crippen LogP contribution in [0.4, 0.5) is 5.82 Å². The van der Waals surface area contributed by atoms with Crippen LogP contribution in [0.3, 0.4) is 0 Å². The van der Waals surface area contributed by atoms with Gasteiger partial charge in [-0.05, 0) is 25.1 Å². The van der Waals surface area contributed by atoms with Crippen molar-refractivity contribution in [2.75, 3.05) is 19.0 Å². The van der Waals surface area contributed by atoms with E-state index in [0.717, 1.165) is 22.6 Å². The Hall–Kier alpha value is -2.04. The molecular weight excluding hydrogens is 204 g/mol. The molecule has 0 saturated carbocycles. The molecule has 0 bridgehead atoms. The van der Waals surface area contributed by atoms with Crippen LogP contribution in [0, 0.1) is 0 Å². The molecule has 0 amide bonds. The second kappa shape index (κ2) is 4.65. The second-order valence-electron chi connectivity index (χ2n) is 3.37. The standard InChI is InChI=1S/C11H14N4O/c1-8(16-2)5-7-13-11-10-9(14-15-11)4-3-6-12-10/h3-6H,7H2,1-2H3,(H2,13,14,15)/b8-5+. The Morgan fingerprint density at radius 2 is 2.50 bits per heavy atom. The Balaban J connectivity index is 2.10. The van der Waals surface area contributed by atoms with E-state index in [9.17, 15) is 0 Å². The Labute approximate surface area is 93.5 Å². The van der Waals surface area contributed by atoms with Crippen LogP contribution in [-0.4, -0.2) is 28.8 Å². The highest BCUT2D eigenvalue weighted by molar-refractivity contribution is 5.85. The van der Waals surface area contributed by atoms with Crippen molar-refractivity contribution in [2.24, 2.45) is 0 Å². The van der Waals surface area contributed by atoms with Crippen molar-refractivity contribution in [3.63, 3.8) is 0 Å². The SMILES string of the molecule is CO/C(C)=C/CNc1n[nH]c2cccnc12. The molecule has 2 N–H and O–H groups in total. The number of H-pyrrole nitrogens is 1. The lowest BCUT2D eigenvalue weighted by Gasteiger charge is -2.00. The van der Waals surface area contributed by atoms with E-state index in [0.29, 0.717) is 6.54 Å². The monoisotopic (exact) mass is 218 g/mol. The number of ether oxygens (including phenoxy) is 1. The van der Waals surface area contributed by atoms with Gasteiger partial charge in [-0.15, -0.1) is 0 Å². The summed E-state index contributed by atoms with van der Waals surface area (Å²) in [4.78, 5) is 4.25. The number of aromatic amines is 1. The van der Waals surface area contributed by atoms with E-state index in [2.05, 4.69) is 20.5 Å². The number of nitrogens with zero attached hydrogens (tertiary/aromatic N) is 2. The van der Waals surface area contributed by atoms with Gasteiger partial charge in [-0.3, -0.25) is 10.1 Å². The number of anilines is 1. The maximum absolute atomic E-state index is 5.03. The number of nitrogens with one attached hydrogen (secondary N) is 2. The summed E-state index contributed by atoms with van der Waals surface area (Å²) >= 11 is 0. The van der Waals surface area contributed by atoms with Gasteiger partial charge in [-0.25, -0.2) is 0 Å². The molecule has 16 heavy (non-hydrogen) atoms. The zero-order chi connectivity index (χ0) is 11.4. The number of pyridine rings is 1. The highest BCUT2D eigenvalue weighted by Crippen LogP contribution is 2.16. The highest BCUT2D eigenvalue weighted by atomic mass is 16.5. The normalized spacial score (nSPS) is 11.8. The Morgan fingerprint density at radius 3 is 3.31 bits per heavy atom. The minimum Gasteiger partial charge on any atom is -0.502 e. The number of methoxy groups -OCH3 is 1. The van der Waals surface area contributed by atoms with Gasteiger partial charge in [0.1, 0.15) is 5.52 Å². The zero-order valence-corrected chi connectivity index (χ0v) is 9.32. The van der Waals surface area contributed by atoms with Gasteiger partial charge >= 0.3 is 0 Å². The lowest BCUT2D eigenvalue weighted by molar-refractivity contribution is 0.292. The van der Waals surface area contributed by atoms with Crippen molar-refractivity contribution in [3.05, 3.63) is 30.2 Å². The third-order valence-corrected chi connectivity index (χ3v) is 2.30. The van der Waals surface area contributed by atoms with E-state index in [-0.39, 0.29) is 0 Å². The molecule has 0 aliphatic carbocycles. The predicted molar refractivity (Wildman–Crippen MR) is 63.1 cm³/mol. The van der Waals surface area contributed by atoms with E-state index in [1.54, 1.807) is 13.3 Å². The minimum atomic E-state index is 0.663. The van der Waals surface area contributed by atoms with Gasteiger partial charge in [-0.1, -0.05) is 0 Å². The molecule has 5 heteroatoms. The van der Waals surface area contributed by atoms with Crippen molar-refractivity contribution in [2.45, 2.75) is 6.92 Å². The summed E-state index contributed by atoms with van der Waals surface area (Å²) in [7, 11) is 1.65. The van der Waals surface area contributed by atoms with Crippen LogP contribution in [0.1, 0.15) is 6.92 Å². The molecule has 0 spiro atoms. The zero-order valence-electron chi connectivity index (χ0n) is 9.32. The maximum atomic E-state index is 5.03. The van der Waals surface area contributed by atoms with E-state index in [1.807, 2.05) is 25.1 Å². The second-order valence-corrected chi connectivity index (χ2v) is 3.37. The van der Waals surface area contributed by atoms with Gasteiger partial charge in [-0.2, -0.15) is 5.10 Å². The van der Waals surface area contributed by atoms with Crippen LogP contribution in [0.15, 0.2) is 30.2 Å². The molecule has 5 nitrogen and oxygen atoms in total. The number of hydrogen-bond acceptors (Lipinski definition) is 4. The van der Waals surface area contributed by atoms with E-state index in [4.69, 9.17) is 4.74 Å². The number of allylic oxidation sites excluding steroid dienone is 1. The van der Waals surface area contributed by atoms with Crippen molar-refractivity contribution < 1.29 is 4.74 Å². The highest BCUT2D eigenvalue weighted by Gasteiger charge is 2.03. The first-order valence-corrected chi connectivity index (χ1v) is 5.05. The Bertz CT molecular complexity index is 503. The number of aromatic nitrogens is 3. The van der Waals surface area contributed by atoms with Crippen molar-refractivity contribution in [1.29, 1.82) is 0 Å². The molecule has 0 aliphatic rings. The lowest BCUT2D eigenvalue weighted by Crippen LogP contribution is -2.00. The van der Waals surface area contributed by atoms with Crippen LogP contribution in [0.2, 0.25) is 0 Å². The molecule has 2 aromatic rings. The van der Waals surface area contributed by atoms with Crippen molar-refractivity contribution in [3.8, 4) is 0 Å². The first-order chi connectivity index (χ1) is 7.81. The molecule has 2 aromatic heterocycles. The summed E-state index contributed by atoms with van der Waals surface area (Å²) in [6.07, 6.45) is 3.70. The lowest BCUT2D eigenvalue weighted by atomic mass is 10.4.